The molecule has 2 aliphatic heterocycles. The minimum Gasteiger partial charge on any atom is -0.493 e. The van der Waals surface area contributed by atoms with Crippen LogP contribution in [-0.4, -0.2) is 48.0 Å². The molecule has 1 aromatic rings. The molecule has 1 amide bonds. The second-order valence-electron chi connectivity index (χ2n) is 6.35. The van der Waals surface area contributed by atoms with Gasteiger partial charge in [0.2, 0.25) is 5.91 Å². The van der Waals surface area contributed by atoms with Crippen LogP contribution >= 0.6 is 11.8 Å². The Balaban J connectivity index is 2.15. The monoisotopic (exact) mass is 404 g/mol. The Labute approximate surface area is 168 Å². The van der Waals surface area contributed by atoms with Gasteiger partial charge in [0.05, 0.1) is 43.4 Å². The second kappa shape index (κ2) is 8.26. The van der Waals surface area contributed by atoms with Crippen LogP contribution in [0.15, 0.2) is 34.5 Å². The molecule has 0 unspecified atom stereocenters. The molecule has 0 saturated carbocycles. The Morgan fingerprint density at radius 1 is 1.25 bits per heavy atom. The van der Waals surface area contributed by atoms with E-state index in [-0.39, 0.29) is 11.2 Å². The van der Waals surface area contributed by atoms with E-state index in [0.717, 1.165) is 5.56 Å². The number of carbonyl (C=O) groups is 2. The topological polar surface area (TPSA) is 77.4 Å². The van der Waals surface area contributed by atoms with Gasteiger partial charge in [-0.2, -0.15) is 0 Å². The number of methoxy groups -OCH3 is 2. The van der Waals surface area contributed by atoms with E-state index in [1.807, 2.05) is 19.9 Å². The van der Waals surface area contributed by atoms with Gasteiger partial charge in [0, 0.05) is 0 Å². The average molecular weight is 404 g/mol. The number of thioether (sulfide) groups is 1. The summed E-state index contributed by atoms with van der Waals surface area (Å²) in [4.78, 5) is 31.7. The molecule has 0 aromatic heterocycles. The Morgan fingerprint density at radius 3 is 2.61 bits per heavy atom. The summed E-state index contributed by atoms with van der Waals surface area (Å²) in [6.45, 7) is 6.12. The lowest BCUT2D eigenvalue weighted by atomic mass is 9.94. The zero-order chi connectivity index (χ0) is 20.4. The van der Waals surface area contributed by atoms with E-state index in [1.54, 1.807) is 31.1 Å². The highest BCUT2D eigenvalue weighted by Crippen LogP contribution is 2.45. The molecule has 150 valence electrons. The summed E-state index contributed by atoms with van der Waals surface area (Å²) in [5.74, 6) is 0.581. The van der Waals surface area contributed by atoms with Gasteiger partial charge in [0.1, 0.15) is 0 Å². The van der Waals surface area contributed by atoms with E-state index >= 15 is 0 Å². The lowest BCUT2D eigenvalue weighted by molar-refractivity contribution is -0.137. The molecule has 1 fully saturated rings. The number of amidine groups is 1. The van der Waals surface area contributed by atoms with Crippen LogP contribution in [-0.2, 0) is 14.3 Å². The van der Waals surface area contributed by atoms with E-state index in [2.05, 4.69) is 4.99 Å². The van der Waals surface area contributed by atoms with E-state index in [9.17, 15) is 9.59 Å². The number of allylic oxidation sites excluding steroid dienone is 1. The summed E-state index contributed by atoms with van der Waals surface area (Å²) >= 11 is 1.43. The first-order valence-corrected chi connectivity index (χ1v) is 10.0. The fourth-order valence-electron chi connectivity index (χ4n) is 3.40. The molecule has 28 heavy (non-hydrogen) atoms. The Kier molecular flexibility index (Phi) is 5.98. The van der Waals surface area contributed by atoms with Gasteiger partial charge in [0.15, 0.2) is 16.7 Å². The molecule has 0 aliphatic carbocycles. The zero-order valence-corrected chi connectivity index (χ0v) is 17.5. The number of fused-ring (bicyclic) bond motifs is 1. The van der Waals surface area contributed by atoms with Crippen LogP contribution in [0.3, 0.4) is 0 Å². The minimum absolute atomic E-state index is 0.0574. The molecule has 0 N–H and O–H groups in total. The molecule has 8 heteroatoms. The third kappa shape index (κ3) is 3.37. The van der Waals surface area contributed by atoms with Crippen molar-refractivity contribution in [3.8, 4) is 11.5 Å². The number of aliphatic imine (C=N–C) groups is 1. The van der Waals surface area contributed by atoms with Crippen LogP contribution in [0.4, 0.5) is 0 Å². The van der Waals surface area contributed by atoms with Gasteiger partial charge in [-0.1, -0.05) is 24.8 Å². The normalized spacial score (nSPS) is 21.4. The Hall–Kier alpha value is -2.48. The highest BCUT2D eigenvalue weighted by atomic mass is 32.2. The second-order valence-corrected chi connectivity index (χ2v) is 7.52. The van der Waals surface area contributed by atoms with Crippen LogP contribution in [0.25, 0.3) is 0 Å². The van der Waals surface area contributed by atoms with Crippen LogP contribution in [0, 0.1) is 0 Å². The van der Waals surface area contributed by atoms with Crippen molar-refractivity contribution in [2.45, 2.75) is 38.5 Å². The maximum Gasteiger partial charge on any atom is 0.338 e. The van der Waals surface area contributed by atoms with E-state index in [1.165, 1.54) is 18.9 Å². The molecule has 3 rings (SSSR count). The van der Waals surface area contributed by atoms with Crippen molar-refractivity contribution in [2.24, 2.45) is 4.99 Å². The fourth-order valence-corrected chi connectivity index (χ4v) is 4.54. The summed E-state index contributed by atoms with van der Waals surface area (Å²) in [6.07, 6.45) is 0.685. The standard InChI is InChI=1S/C20H24N2O5S/c1-6-15-18(23)22-17(12-8-9-13(27-7-2)14(10-12)25-4)16(19(24)26-5)11(3)21-20(22)28-15/h8-10,15,17H,6-7H2,1-5H3/t15-,17-/m0/s1. The summed E-state index contributed by atoms with van der Waals surface area (Å²) in [6, 6.07) is 4.81. The molecule has 0 spiro atoms. The summed E-state index contributed by atoms with van der Waals surface area (Å²) in [5, 5.41) is 0.399. The van der Waals surface area contributed by atoms with Crippen molar-refractivity contribution in [1.82, 2.24) is 4.90 Å². The molecular formula is C20H24N2O5S. The molecule has 2 aliphatic rings. The number of amides is 1. The van der Waals surface area contributed by atoms with Gasteiger partial charge in [0.25, 0.3) is 0 Å². The molecule has 1 saturated heterocycles. The van der Waals surface area contributed by atoms with E-state index in [0.29, 0.717) is 41.0 Å². The largest absolute Gasteiger partial charge is 0.493 e. The predicted molar refractivity (Wildman–Crippen MR) is 108 cm³/mol. The lowest BCUT2D eigenvalue weighted by Gasteiger charge is -2.33. The maximum atomic E-state index is 13.0. The first-order chi connectivity index (χ1) is 13.5. The smallest absolute Gasteiger partial charge is 0.338 e. The lowest BCUT2D eigenvalue weighted by Crippen LogP contribution is -2.40. The van der Waals surface area contributed by atoms with Crippen molar-refractivity contribution < 1.29 is 23.8 Å². The SMILES string of the molecule is CCOc1ccc([C@H]2C(C(=O)OC)=C(C)N=C3S[C@@H](CC)C(=O)N32)cc1OC. The molecule has 7 nitrogen and oxygen atoms in total. The van der Waals surface area contributed by atoms with Crippen molar-refractivity contribution in [3.05, 3.63) is 35.0 Å². The maximum absolute atomic E-state index is 13.0. The quantitative estimate of drug-likeness (QED) is 0.677. The van der Waals surface area contributed by atoms with Crippen molar-refractivity contribution in [1.29, 1.82) is 0 Å². The fraction of sp³-hybridized carbons (Fsp3) is 0.450. The van der Waals surface area contributed by atoms with Gasteiger partial charge < -0.3 is 14.2 Å². The highest BCUT2D eigenvalue weighted by molar-refractivity contribution is 8.15. The Bertz CT molecular complexity index is 864. The zero-order valence-electron chi connectivity index (χ0n) is 16.6. The summed E-state index contributed by atoms with van der Waals surface area (Å²) in [5.41, 5.74) is 1.63. The number of hydrogen-bond donors (Lipinski definition) is 0. The number of carbonyl (C=O) groups excluding carboxylic acids is 2. The van der Waals surface area contributed by atoms with Crippen molar-refractivity contribution in [3.63, 3.8) is 0 Å². The Morgan fingerprint density at radius 2 is 2.00 bits per heavy atom. The van der Waals surface area contributed by atoms with Crippen molar-refractivity contribution >= 4 is 28.8 Å². The van der Waals surface area contributed by atoms with Crippen molar-refractivity contribution in [2.75, 3.05) is 20.8 Å². The number of hydrogen-bond acceptors (Lipinski definition) is 7. The number of esters is 1. The first-order valence-electron chi connectivity index (χ1n) is 9.14. The molecule has 0 bridgehead atoms. The molecule has 0 radical (unpaired) electrons. The van der Waals surface area contributed by atoms with Gasteiger partial charge >= 0.3 is 5.97 Å². The third-order valence-electron chi connectivity index (χ3n) is 4.73. The first kappa shape index (κ1) is 20.3. The third-order valence-corrected chi connectivity index (χ3v) is 6.05. The molecule has 2 heterocycles. The van der Waals surface area contributed by atoms with Gasteiger partial charge in [-0.3, -0.25) is 9.69 Å². The van der Waals surface area contributed by atoms with Crippen LogP contribution in [0.2, 0.25) is 0 Å². The summed E-state index contributed by atoms with van der Waals surface area (Å²) < 4.78 is 16.1. The van der Waals surface area contributed by atoms with E-state index < -0.39 is 12.0 Å². The predicted octanol–water partition coefficient (Wildman–Crippen LogP) is 3.31. The number of nitrogens with zero attached hydrogens (tertiary/aromatic N) is 2. The van der Waals surface area contributed by atoms with Crippen LogP contribution < -0.4 is 9.47 Å². The van der Waals surface area contributed by atoms with Gasteiger partial charge in [-0.05, 0) is 38.0 Å². The molecule has 2 atom stereocenters. The number of ether oxygens (including phenoxy) is 3. The summed E-state index contributed by atoms with van der Waals surface area (Å²) in [7, 11) is 2.88. The van der Waals surface area contributed by atoms with Crippen LogP contribution in [0.5, 0.6) is 11.5 Å². The van der Waals surface area contributed by atoms with Crippen LogP contribution in [0.1, 0.15) is 38.8 Å². The highest BCUT2D eigenvalue weighted by Gasteiger charge is 2.47. The molecule has 1 aromatic carbocycles. The van der Waals surface area contributed by atoms with Gasteiger partial charge in [-0.25, -0.2) is 9.79 Å². The minimum atomic E-state index is -0.624. The molecular weight excluding hydrogens is 380 g/mol. The van der Waals surface area contributed by atoms with Gasteiger partial charge in [-0.15, -0.1) is 0 Å². The average Bonchev–Trinajstić information content (AvgIpc) is 3.02. The number of benzene rings is 1. The number of rotatable bonds is 6. The van der Waals surface area contributed by atoms with E-state index in [4.69, 9.17) is 14.2 Å².